The van der Waals surface area contributed by atoms with Gasteiger partial charge in [0.15, 0.2) is 5.76 Å². The van der Waals surface area contributed by atoms with Crippen molar-refractivity contribution in [1.82, 2.24) is 0 Å². The van der Waals surface area contributed by atoms with E-state index in [0.717, 1.165) is 23.3 Å². The fourth-order valence-corrected chi connectivity index (χ4v) is 1.94. The van der Waals surface area contributed by atoms with E-state index in [2.05, 4.69) is 0 Å². The van der Waals surface area contributed by atoms with Crippen LogP contribution in [0.25, 0.3) is 0 Å². The maximum atomic E-state index is 12.3. The number of benzene rings is 1. The lowest BCUT2D eigenvalue weighted by molar-refractivity contribution is 0.101. The van der Waals surface area contributed by atoms with Crippen molar-refractivity contribution >= 4 is 11.5 Å². The Morgan fingerprint density at radius 3 is 2.56 bits per heavy atom. The van der Waals surface area contributed by atoms with Crippen LogP contribution in [0.4, 0.5) is 5.69 Å². The molecule has 0 spiro atoms. The molecule has 0 aliphatic heterocycles. The molecule has 1 heterocycles. The summed E-state index contributed by atoms with van der Waals surface area (Å²) in [5.41, 5.74) is 8.99. The highest BCUT2D eigenvalue weighted by Crippen LogP contribution is 2.21. The number of nitrogen functional groups attached to an aromatic ring is 1. The summed E-state index contributed by atoms with van der Waals surface area (Å²) >= 11 is 0. The van der Waals surface area contributed by atoms with Crippen LogP contribution in [-0.2, 0) is 6.42 Å². The van der Waals surface area contributed by atoms with E-state index in [-0.39, 0.29) is 5.78 Å². The van der Waals surface area contributed by atoms with Crippen molar-refractivity contribution in [2.45, 2.75) is 27.2 Å². The van der Waals surface area contributed by atoms with Crippen LogP contribution >= 0.6 is 0 Å². The van der Waals surface area contributed by atoms with E-state index in [1.54, 1.807) is 12.1 Å². The number of ketones is 1. The van der Waals surface area contributed by atoms with Gasteiger partial charge in [0.2, 0.25) is 5.78 Å². The van der Waals surface area contributed by atoms with Crippen molar-refractivity contribution in [2.24, 2.45) is 0 Å². The molecule has 0 amide bonds. The van der Waals surface area contributed by atoms with E-state index in [4.69, 9.17) is 10.2 Å². The highest BCUT2D eigenvalue weighted by Gasteiger charge is 2.16. The fraction of sp³-hybridized carbons (Fsp3) is 0.267. The zero-order valence-electron chi connectivity index (χ0n) is 10.9. The summed E-state index contributed by atoms with van der Waals surface area (Å²) in [5, 5.41) is 0. The number of aryl methyl sites for hydroxylation is 3. The van der Waals surface area contributed by atoms with Crippen LogP contribution in [0.5, 0.6) is 0 Å². The minimum Gasteiger partial charge on any atom is -0.458 e. The standard InChI is InChI=1S/C15H17NO2/c1-4-11-5-6-14(18-11)15(17)12-8-13(16)10(3)7-9(12)2/h5-8H,4,16H2,1-3H3. The minimum absolute atomic E-state index is 0.112. The molecule has 18 heavy (non-hydrogen) atoms. The molecule has 0 aliphatic rings. The summed E-state index contributed by atoms with van der Waals surface area (Å²) in [7, 11) is 0. The molecular formula is C15H17NO2. The van der Waals surface area contributed by atoms with Crippen LogP contribution in [0, 0.1) is 13.8 Å². The lowest BCUT2D eigenvalue weighted by atomic mass is 9.99. The third kappa shape index (κ3) is 2.16. The molecule has 0 aliphatic carbocycles. The van der Waals surface area contributed by atoms with E-state index >= 15 is 0 Å². The minimum atomic E-state index is -0.112. The zero-order valence-corrected chi connectivity index (χ0v) is 10.9. The smallest absolute Gasteiger partial charge is 0.228 e. The fourth-order valence-electron chi connectivity index (χ4n) is 1.94. The second-order valence-corrected chi connectivity index (χ2v) is 4.47. The summed E-state index contributed by atoms with van der Waals surface area (Å²) in [6.45, 7) is 5.82. The first-order chi connectivity index (χ1) is 8.52. The van der Waals surface area contributed by atoms with Crippen molar-refractivity contribution < 1.29 is 9.21 Å². The lowest BCUT2D eigenvalue weighted by Crippen LogP contribution is -2.04. The van der Waals surface area contributed by atoms with E-state index in [0.29, 0.717) is 17.0 Å². The van der Waals surface area contributed by atoms with Gasteiger partial charge in [0.1, 0.15) is 5.76 Å². The number of hydrogen-bond acceptors (Lipinski definition) is 3. The zero-order chi connectivity index (χ0) is 13.3. The van der Waals surface area contributed by atoms with Crippen LogP contribution in [-0.4, -0.2) is 5.78 Å². The maximum absolute atomic E-state index is 12.3. The van der Waals surface area contributed by atoms with Gasteiger partial charge < -0.3 is 10.2 Å². The lowest BCUT2D eigenvalue weighted by Gasteiger charge is -2.07. The number of carbonyl (C=O) groups is 1. The van der Waals surface area contributed by atoms with Crippen LogP contribution in [0.3, 0.4) is 0 Å². The van der Waals surface area contributed by atoms with Crippen molar-refractivity contribution in [3.8, 4) is 0 Å². The molecule has 2 N–H and O–H groups in total. The van der Waals surface area contributed by atoms with Gasteiger partial charge >= 0.3 is 0 Å². The Morgan fingerprint density at radius 2 is 1.94 bits per heavy atom. The topological polar surface area (TPSA) is 56.2 Å². The van der Waals surface area contributed by atoms with Gasteiger partial charge in [0.05, 0.1) is 0 Å². The molecule has 0 fully saturated rings. The highest BCUT2D eigenvalue weighted by molar-refractivity contribution is 6.08. The van der Waals surface area contributed by atoms with Gasteiger partial charge in [-0.25, -0.2) is 0 Å². The second-order valence-electron chi connectivity index (χ2n) is 4.47. The number of anilines is 1. The van der Waals surface area contributed by atoms with Crippen molar-refractivity contribution in [1.29, 1.82) is 0 Å². The monoisotopic (exact) mass is 243 g/mol. The largest absolute Gasteiger partial charge is 0.458 e. The summed E-state index contributed by atoms with van der Waals surface area (Å²) in [6.07, 6.45) is 0.780. The Kier molecular flexibility index (Phi) is 3.24. The average Bonchev–Trinajstić information content (AvgIpc) is 2.81. The van der Waals surface area contributed by atoms with Crippen LogP contribution in [0.2, 0.25) is 0 Å². The number of furan rings is 1. The molecule has 2 rings (SSSR count). The van der Waals surface area contributed by atoms with Gasteiger partial charge in [0, 0.05) is 17.7 Å². The Bertz CT molecular complexity index is 597. The molecule has 0 bridgehead atoms. The Balaban J connectivity index is 2.42. The van der Waals surface area contributed by atoms with Crippen molar-refractivity contribution in [3.63, 3.8) is 0 Å². The second kappa shape index (κ2) is 4.69. The molecule has 2 aromatic rings. The maximum Gasteiger partial charge on any atom is 0.228 e. The van der Waals surface area contributed by atoms with Gasteiger partial charge in [-0.2, -0.15) is 0 Å². The summed E-state index contributed by atoms with van der Waals surface area (Å²) in [6, 6.07) is 7.20. The van der Waals surface area contributed by atoms with E-state index in [1.165, 1.54) is 0 Å². The van der Waals surface area contributed by atoms with Crippen molar-refractivity contribution in [3.05, 3.63) is 52.5 Å². The molecule has 0 atom stereocenters. The molecule has 0 saturated heterocycles. The highest BCUT2D eigenvalue weighted by atomic mass is 16.3. The molecule has 3 heteroatoms. The van der Waals surface area contributed by atoms with Crippen LogP contribution < -0.4 is 5.73 Å². The molecule has 0 saturated carbocycles. The van der Waals surface area contributed by atoms with E-state index in [9.17, 15) is 4.79 Å². The van der Waals surface area contributed by atoms with Gasteiger partial charge in [-0.15, -0.1) is 0 Å². The predicted molar refractivity (Wildman–Crippen MR) is 71.8 cm³/mol. The predicted octanol–water partition coefficient (Wildman–Crippen LogP) is 3.27. The van der Waals surface area contributed by atoms with E-state index in [1.807, 2.05) is 32.9 Å². The third-order valence-corrected chi connectivity index (χ3v) is 3.09. The van der Waals surface area contributed by atoms with Crippen LogP contribution in [0.15, 0.2) is 28.7 Å². The number of carbonyl (C=O) groups excluding carboxylic acids is 1. The first kappa shape index (κ1) is 12.4. The van der Waals surface area contributed by atoms with E-state index < -0.39 is 0 Å². The Labute approximate surface area is 107 Å². The molecule has 3 nitrogen and oxygen atoms in total. The number of rotatable bonds is 3. The van der Waals surface area contributed by atoms with Crippen molar-refractivity contribution in [2.75, 3.05) is 5.73 Å². The summed E-state index contributed by atoms with van der Waals surface area (Å²) < 4.78 is 5.48. The van der Waals surface area contributed by atoms with Gasteiger partial charge in [-0.3, -0.25) is 4.79 Å². The average molecular weight is 243 g/mol. The summed E-state index contributed by atoms with van der Waals surface area (Å²) in [4.78, 5) is 12.3. The molecule has 1 aromatic heterocycles. The summed E-state index contributed by atoms with van der Waals surface area (Å²) in [5.74, 6) is 1.08. The first-order valence-electron chi connectivity index (χ1n) is 6.03. The quantitative estimate of drug-likeness (QED) is 0.665. The molecule has 0 radical (unpaired) electrons. The van der Waals surface area contributed by atoms with Gasteiger partial charge in [-0.1, -0.05) is 13.0 Å². The first-order valence-corrected chi connectivity index (χ1v) is 6.03. The Morgan fingerprint density at radius 1 is 1.22 bits per heavy atom. The van der Waals surface area contributed by atoms with Gasteiger partial charge in [0.25, 0.3) is 0 Å². The molecular weight excluding hydrogens is 226 g/mol. The number of hydrogen-bond donors (Lipinski definition) is 1. The van der Waals surface area contributed by atoms with Crippen LogP contribution in [0.1, 0.15) is 39.9 Å². The molecule has 94 valence electrons. The number of nitrogens with two attached hydrogens (primary N) is 1. The van der Waals surface area contributed by atoms with Gasteiger partial charge in [-0.05, 0) is 43.2 Å². The normalized spacial score (nSPS) is 10.6. The Hall–Kier alpha value is -2.03. The third-order valence-electron chi connectivity index (χ3n) is 3.09. The SMILES string of the molecule is CCc1ccc(C(=O)c2cc(N)c(C)cc2C)o1. The molecule has 1 aromatic carbocycles. The molecule has 0 unspecified atom stereocenters.